The van der Waals surface area contributed by atoms with E-state index in [-0.39, 0.29) is 48.8 Å². The second kappa shape index (κ2) is 9.04. The average molecular weight is 474 g/mol. The van der Waals surface area contributed by atoms with Crippen LogP contribution >= 0.6 is 0 Å². The van der Waals surface area contributed by atoms with Crippen molar-refractivity contribution in [2.45, 2.75) is 64.4 Å². The van der Waals surface area contributed by atoms with Crippen LogP contribution in [0.1, 0.15) is 58.8 Å². The van der Waals surface area contributed by atoms with Gasteiger partial charge in [-0.25, -0.2) is 4.79 Å². The van der Waals surface area contributed by atoms with Gasteiger partial charge < -0.3 is 20.3 Å². The first-order valence-corrected chi connectivity index (χ1v) is 12.3. The maximum Gasteiger partial charge on any atom is 0.508 e. The second-order valence-electron chi connectivity index (χ2n) is 10.7. The number of fused-ring (bicyclic) bond motifs is 5. The smallest absolute Gasteiger partial charge is 0.434 e. The molecule has 0 aromatic rings. The number of carbonyl (C=O) groups excluding carboxylic acids is 4. The van der Waals surface area contributed by atoms with Crippen molar-refractivity contribution < 1.29 is 33.8 Å². The third-order valence-corrected chi connectivity index (χ3v) is 9.01. The van der Waals surface area contributed by atoms with E-state index in [1.807, 2.05) is 19.9 Å². The van der Waals surface area contributed by atoms with Crippen LogP contribution in [-0.2, 0) is 23.9 Å². The SMILES string of the molecule is C[C@]12C=CC(=O)C=C1CC[C@@H]1[C@@H]2C(=O)C[C@@]2(C)[C@H]1CC[C@]2(O)C(=O)COC(=O)OCCCCN. The van der Waals surface area contributed by atoms with E-state index in [1.165, 1.54) is 0 Å². The van der Waals surface area contributed by atoms with Crippen LogP contribution in [0, 0.1) is 28.6 Å². The molecule has 0 aliphatic heterocycles. The molecule has 0 aromatic heterocycles. The lowest BCUT2D eigenvalue weighted by Crippen LogP contribution is -2.60. The summed E-state index contributed by atoms with van der Waals surface area (Å²) in [5.41, 5.74) is 3.23. The molecular formula is C26H35NO7. The summed E-state index contributed by atoms with van der Waals surface area (Å²) in [4.78, 5) is 50.5. The fourth-order valence-corrected chi connectivity index (χ4v) is 7.18. The predicted octanol–water partition coefficient (Wildman–Crippen LogP) is 2.67. The van der Waals surface area contributed by atoms with E-state index in [4.69, 9.17) is 15.2 Å². The van der Waals surface area contributed by atoms with Gasteiger partial charge in [0, 0.05) is 23.2 Å². The Kier molecular flexibility index (Phi) is 6.59. The topological polar surface area (TPSA) is 133 Å². The fourth-order valence-electron chi connectivity index (χ4n) is 7.18. The Morgan fingerprint density at radius 2 is 1.94 bits per heavy atom. The zero-order chi connectivity index (χ0) is 24.7. The fraction of sp³-hybridized carbons (Fsp3) is 0.692. The molecule has 4 aliphatic carbocycles. The summed E-state index contributed by atoms with van der Waals surface area (Å²) >= 11 is 0. The molecule has 0 heterocycles. The molecule has 3 saturated carbocycles. The molecule has 0 saturated heterocycles. The van der Waals surface area contributed by atoms with Crippen molar-refractivity contribution in [1.82, 2.24) is 0 Å². The predicted molar refractivity (Wildman–Crippen MR) is 123 cm³/mol. The van der Waals surface area contributed by atoms with E-state index in [1.54, 1.807) is 12.2 Å². The molecule has 0 aromatic carbocycles. The number of aliphatic hydroxyl groups is 1. The van der Waals surface area contributed by atoms with Gasteiger partial charge in [0.15, 0.2) is 12.4 Å². The van der Waals surface area contributed by atoms with E-state index in [9.17, 15) is 24.3 Å². The molecule has 186 valence electrons. The molecule has 8 heteroatoms. The third kappa shape index (κ3) is 3.85. The number of ether oxygens (including phenoxy) is 2. The number of Topliss-reactive ketones (excluding diaryl/α,β-unsaturated/α-hetero) is 2. The van der Waals surface area contributed by atoms with Crippen molar-refractivity contribution in [2.24, 2.45) is 34.3 Å². The Balaban J connectivity index is 1.48. The number of rotatable bonds is 7. The van der Waals surface area contributed by atoms with Crippen LogP contribution in [0.2, 0.25) is 0 Å². The first-order chi connectivity index (χ1) is 16.1. The minimum absolute atomic E-state index is 0.0153. The lowest BCUT2D eigenvalue weighted by Gasteiger charge is -2.56. The van der Waals surface area contributed by atoms with Gasteiger partial charge >= 0.3 is 6.16 Å². The van der Waals surface area contributed by atoms with E-state index < -0.39 is 35.0 Å². The van der Waals surface area contributed by atoms with Crippen LogP contribution in [-0.4, -0.2) is 54.0 Å². The molecular weight excluding hydrogens is 438 g/mol. The van der Waals surface area contributed by atoms with E-state index >= 15 is 0 Å². The average Bonchev–Trinajstić information content (AvgIpc) is 3.06. The molecule has 4 aliphatic rings. The minimum atomic E-state index is -1.74. The highest BCUT2D eigenvalue weighted by atomic mass is 16.7. The number of nitrogens with two attached hydrogens (primary N) is 1. The molecule has 0 spiro atoms. The summed E-state index contributed by atoms with van der Waals surface area (Å²) < 4.78 is 9.92. The number of carbonyl (C=O) groups is 4. The number of hydrogen-bond acceptors (Lipinski definition) is 8. The van der Waals surface area contributed by atoms with Gasteiger partial charge in [0.1, 0.15) is 11.4 Å². The van der Waals surface area contributed by atoms with E-state index in [0.29, 0.717) is 25.8 Å². The summed E-state index contributed by atoms with van der Waals surface area (Å²) in [7, 11) is 0. The standard InChI is InChI=1S/C26H35NO7/c1-24-9-7-17(28)13-16(24)5-6-18-19-8-10-26(32,25(19,2)14-20(29)22(18)24)21(30)15-34-23(31)33-12-4-3-11-27/h7,9,13,18-19,22,32H,3-6,8,10-12,14-15,27H2,1-2H3/t18-,19-,22+,24-,25-,26-/m0/s1. The quantitative estimate of drug-likeness (QED) is 0.426. The van der Waals surface area contributed by atoms with Crippen LogP contribution in [0.3, 0.4) is 0 Å². The normalized spacial score (nSPS) is 38.5. The molecule has 0 unspecified atom stereocenters. The Hall–Kier alpha value is -2.32. The second-order valence-corrected chi connectivity index (χ2v) is 10.7. The van der Waals surface area contributed by atoms with Crippen LogP contribution in [0.4, 0.5) is 4.79 Å². The molecule has 0 amide bonds. The summed E-state index contributed by atoms with van der Waals surface area (Å²) in [5, 5.41) is 11.6. The number of allylic oxidation sites excluding steroid dienone is 4. The lowest BCUT2D eigenvalue weighted by atomic mass is 9.46. The molecule has 34 heavy (non-hydrogen) atoms. The van der Waals surface area contributed by atoms with Crippen molar-refractivity contribution in [3.05, 3.63) is 23.8 Å². The van der Waals surface area contributed by atoms with Crippen molar-refractivity contribution in [3.8, 4) is 0 Å². The van der Waals surface area contributed by atoms with Gasteiger partial charge in [-0.15, -0.1) is 0 Å². The Bertz CT molecular complexity index is 955. The molecule has 6 atom stereocenters. The van der Waals surface area contributed by atoms with Crippen molar-refractivity contribution >= 4 is 23.5 Å². The number of unbranched alkanes of at least 4 members (excludes halogenated alkanes) is 1. The summed E-state index contributed by atoms with van der Waals surface area (Å²) in [6, 6.07) is 0. The largest absolute Gasteiger partial charge is 0.508 e. The molecule has 8 nitrogen and oxygen atoms in total. The van der Waals surface area contributed by atoms with Crippen molar-refractivity contribution in [1.29, 1.82) is 0 Å². The van der Waals surface area contributed by atoms with Gasteiger partial charge in [0.05, 0.1) is 6.61 Å². The first kappa shape index (κ1) is 24.8. The Labute approximate surface area is 199 Å². The van der Waals surface area contributed by atoms with Crippen LogP contribution < -0.4 is 5.73 Å². The summed E-state index contributed by atoms with van der Waals surface area (Å²) in [6.07, 6.45) is 7.85. The summed E-state index contributed by atoms with van der Waals surface area (Å²) in [6.45, 7) is 3.91. The third-order valence-electron chi connectivity index (χ3n) is 9.01. The zero-order valence-corrected chi connectivity index (χ0v) is 20.0. The Morgan fingerprint density at radius 1 is 1.18 bits per heavy atom. The first-order valence-electron chi connectivity index (χ1n) is 12.3. The highest BCUT2D eigenvalue weighted by molar-refractivity contribution is 6.02. The number of ketones is 3. The van der Waals surface area contributed by atoms with E-state index in [2.05, 4.69) is 0 Å². The van der Waals surface area contributed by atoms with Gasteiger partial charge in [-0.05, 0) is 69.1 Å². The molecule has 0 radical (unpaired) electrons. The molecule has 3 fully saturated rings. The molecule has 4 rings (SSSR count). The van der Waals surface area contributed by atoms with Gasteiger partial charge in [0.25, 0.3) is 0 Å². The van der Waals surface area contributed by atoms with E-state index in [0.717, 1.165) is 18.4 Å². The van der Waals surface area contributed by atoms with Gasteiger partial charge in [0.2, 0.25) is 5.78 Å². The summed E-state index contributed by atoms with van der Waals surface area (Å²) in [5.74, 6) is -0.888. The lowest BCUT2D eigenvalue weighted by molar-refractivity contribution is -0.169. The monoisotopic (exact) mass is 473 g/mol. The maximum absolute atomic E-state index is 13.6. The molecule has 3 N–H and O–H groups in total. The number of hydrogen-bond donors (Lipinski definition) is 2. The highest BCUT2D eigenvalue weighted by Crippen LogP contribution is 2.66. The highest BCUT2D eigenvalue weighted by Gasteiger charge is 2.68. The van der Waals surface area contributed by atoms with Crippen molar-refractivity contribution in [2.75, 3.05) is 19.8 Å². The Morgan fingerprint density at radius 3 is 2.68 bits per heavy atom. The minimum Gasteiger partial charge on any atom is -0.434 e. The van der Waals surface area contributed by atoms with Crippen LogP contribution in [0.25, 0.3) is 0 Å². The zero-order valence-electron chi connectivity index (χ0n) is 20.0. The maximum atomic E-state index is 13.6. The van der Waals surface area contributed by atoms with Gasteiger partial charge in [-0.1, -0.05) is 25.5 Å². The van der Waals surface area contributed by atoms with Crippen LogP contribution in [0.15, 0.2) is 23.8 Å². The van der Waals surface area contributed by atoms with Crippen molar-refractivity contribution in [3.63, 3.8) is 0 Å². The van der Waals surface area contributed by atoms with Gasteiger partial charge in [-0.3, -0.25) is 14.4 Å². The van der Waals surface area contributed by atoms with Crippen LogP contribution in [0.5, 0.6) is 0 Å². The molecule has 0 bridgehead atoms. The van der Waals surface area contributed by atoms with Gasteiger partial charge in [-0.2, -0.15) is 0 Å².